The van der Waals surface area contributed by atoms with Gasteiger partial charge in [0.2, 0.25) is 0 Å². The monoisotopic (exact) mass is 358 g/mol. The second-order valence-electron chi connectivity index (χ2n) is 6.54. The third-order valence-corrected chi connectivity index (χ3v) is 5.23. The molecule has 0 aromatic heterocycles. The number of benzene rings is 2. The van der Waals surface area contributed by atoms with Gasteiger partial charge in [0.05, 0.1) is 10.6 Å². The first-order chi connectivity index (χ1) is 12.0. The Morgan fingerprint density at radius 2 is 1.96 bits per heavy atom. The Hall–Kier alpha value is -2.33. The molecule has 1 saturated carbocycles. The highest BCUT2D eigenvalue weighted by Gasteiger charge is 2.39. The van der Waals surface area contributed by atoms with Gasteiger partial charge in [-0.2, -0.15) is 0 Å². The van der Waals surface area contributed by atoms with Gasteiger partial charge in [0.15, 0.2) is 0 Å². The van der Waals surface area contributed by atoms with Crippen LogP contribution in [0.5, 0.6) is 5.75 Å². The van der Waals surface area contributed by atoms with E-state index in [1.54, 1.807) is 18.2 Å². The number of carboxylic acid groups (broad SMARTS) is 1. The Morgan fingerprint density at radius 1 is 1.20 bits per heavy atom. The van der Waals surface area contributed by atoms with Crippen LogP contribution >= 0.6 is 11.6 Å². The zero-order valence-corrected chi connectivity index (χ0v) is 14.1. The number of carbonyl (C=O) groups is 1. The minimum absolute atomic E-state index is 0.128. The standard InChI is InChI=1S/C20H16ClFO3/c21-15-4-3-5-16(22)18(15)14-11-20(8-1-2-9-20)25-17-7-6-12(19(23)24)10-13(14)17/h3-7,10-11H,1-2,8-9H2,(H,23,24). The summed E-state index contributed by atoms with van der Waals surface area (Å²) >= 11 is 6.29. The lowest BCUT2D eigenvalue weighted by atomic mass is 9.86. The van der Waals surface area contributed by atoms with Gasteiger partial charge >= 0.3 is 5.97 Å². The Balaban J connectivity index is 1.97. The predicted octanol–water partition coefficient (Wildman–Crippen LogP) is 5.31. The van der Waals surface area contributed by atoms with E-state index in [1.807, 2.05) is 6.08 Å². The van der Waals surface area contributed by atoms with Gasteiger partial charge in [0.25, 0.3) is 0 Å². The summed E-state index contributed by atoms with van der Waals surface area (Å²) < 4.78 is 20.8. The molecule has 1 aliphatic carbocycles. The van der Waals surface area contributed by atoms with Gasteiger partial charge in [-0.3, -0.25) is 0 Å². The van der Waals surface area contributed by atoms with Crippen LogP contribution in [0.15, 0.2) is 42.5 Å². The normalized spacial score (nSPS) is 17.8. The number of rotatable bonds is 2. The first-order valence-electron chi connectivity index (χ1n) is 8.23. The van der Waals surface area contributed by atoms with Crippen LogP contribution in [0.25, 0.3) is 5.57 Å². The fourth-order valence-corrected chi connectivity index (χ4v) is 4.00. The fourth-order valence-electron chi connectivity index (χ4n) is 3.73. The molecular formula is C20H16ClFO3. The summed E-state index contributed by atoms with van der Waals surface area (Å²) in [6.45, 7) is 0. The highest BCUT2D eigenvalue weighted by molar-refractivity contribution is 6.32. The van der Waals surface area contributed by atoms with Crippen molar-refractivity contribution < 1.29 is 19.0 Å². The van der Waals surface area contributed by atoms with E-state index in [-0.39, 0.29) is 5.56 Å². The van der Waals surface area contributed by atoms with Crippen molar-refractivity contribution in [3.63, 3.8) is 0 Å². The lowest BCUT2D eigenvalue weighted by Crippen LogP contribution is -2.33. The molecule has 5 heteroatoms. The topological polar surface area (TPSA) is 46.5 Å². The van der Waals surface area contributed by atoms with E-state index >= 15 is 0 Å². The van der Waals surface area contributed by atoms with Crippen LogP contribution in [0.1, 0.15) is 47.2 Å². The maximum absolute atomic E-state index is 14.6. The van der Waals surface area contributed by atoms with Crippen LogP contribution in [0, 0.1) is 5.82 Å². The molecule has 128 valence electrons. The minimum atomic E-state index is -1.04. The van der Waals surface area contributed by atoms with Gasteiger partial charge in [-0.1, -0.05) is 17.7 Å². The van der Waals surface area contributed by atoms with Gasteiger partial charge in [0, 0.05) is 11.1 Å². The van der Waals surface area contributed by atoms with E-state index < -0.39 is 17.4 Å². The molecule has 0 radical (unpaired) electrons. The third kappa shape index (κ3) is 2.71. The predicted molar refractivity (Wildman–Crippen MR) is 93.7 cm³/mol. The smallest absolute Gasteiger partial charge is 0.335 e. The molecule has 0 atom stereocenters. The number of fused-ring (bicyclic) bond motifs is 1. The molecule has 2 aliphatic rings. The van der Waals surface area contributed by atoms with Crippen molar-refractivity contribution >= 4 is 23.1 Å². The van der Waals surface area contributed by atoms with Crippen molar-refractivity contribution in [1.29, 1.82) is 0 Å². The van der Waals surface area contributed by atoms with Crippen LogP contribution < -0.4 is 4.74 Å². The van der Waals surface area contributed by atoms with Crippen molar-refractivity contribution in [2.75, 3.05) is 0 Å². The van der Waals surface area contributed by atoms with Crippen molar-refractivity contribution in [3.8, 4) is 5.75 Å². The zero-order chi connectivity index (χ0) is 17.6. The first-order valence-corrected chi connectivity index (χ1v) is 8.61. The average molecular weight is 359 g/mol. The van der Waals surface area contributed by atoms with Gasteiger partial charge in [0.1, 0.15) is 17.2 Å². The molecule has 0 unspecified atom stereocenters. The second kappa shape index (κ2) is 5.88. The summed E-state index contributed by atoms with van der Waals surface area (Å²) in [5.41, 5.74) is 1.11. The lowest BCUT2D eigenvalue weighted by Gasteiger charge is -2.34. The summed E-state index contributed by atoms with van der Waals surface area (Å²) in [6.07, 6.45) is 5.71. The number of ether oxygens (including phenoxy) is 1. The Kier molecular flexibility index (Phi) is 3.80. The molecule has 0 amide bonds. The molecule has 1 N–H and O–H groups in total. The van der Waals surface area contributed by atoms with Crippen molar-refractivity contribution in [1.82, 2.24) is 0 Å². The van der Waals surface area contributed by atoms with Crippen LogP contribution in [0.2, 0.25) is 5.02 Å². The summed E-state index contributed by atoms with van der Waals surface area (Å²) in [4.78, 5) is 11.4. The quantitative estimate of drug-likeness (QED) is 0.790. The van der Waals surface area contributed by atoms with Crippen LogP contribution in [-0.4, -0.2) is 16.7 Å². The molecule has 0 bridgehead atoms. The van der Waals surface area contributed by atoms with Crippen molar-refractivity contribution in [2.45, 2.75) is 31.3 Å². The summed E-state index contributed by atoms with van der Waals surface area (Å²) in [6, 6.07) is 9.24. The summed E-state index contributed by atoms with van der Waals surface area (Å²) in [5, 5.41) is 9.60. The molecule has 25 heavy (non-hydrogen) atoms. The molecule has 1 spiro atoms. The highest BCUT2D eigenvalue weighted by Crippen LogP contribution is 2.47. The molecule has 4 rings (SSSR count). The summed E-state index contributed by atoms with van der Waals surface area (Å²) in [7, 11) is 0. The van der Waals surface area contributed by atoms with Gasteiger partial charge < -0.3 is 9.84 Å². The number of aromatic carboxylic acids is 1. The van der Waals surface area contributed by atoms with E-state index in [0.29, 0.717) is 27.5 Å². The van der Waals surface area contributed by atoms with E-state index in [2.05, 4.69) is 0 Å². The fraction of sp³-hybridized carbons (Fsp3) is 0.250. The molecule has 2 aromatic carbocycles. The molecular weight excluding hydrogens is 343 g/mol. The third-order valence-electron chi connectivity index (χ3n) is 4.92. The van der Waals surface area contributed by atoms with Gasteiger partial charge in [-0.05, 0) is 67.7 Å². The Bertz CT molecular complexity index is 878. The molecule has 2 aromatic rings. The molecule has 3 nitrogen and oxygen atoms in total. The highest BCUT2D eigenvalue weighted by atomic mass is 35.5. The number of carboxylic acids is 1. The lowest BCUT2D eigenvalue weighted by molar-refractivity contribution is 0.0696. The zero-order valence-electron chi connectivity index (χ0n) is 13.4. The molecule has 1 aliphatic heterocycles. The van der Waals surface area contributed by atoms with Crippen molar-refractivity contribution in [2.24, 2.45) is 0 Å². The number of halogens is 2. The second-order valence-corrected chi connectivity index (χ2v) is 6.95. The maximum atomic E-state index is 14.6. The Morgan fingerprint density at radius 3 is 2.64 bits per heavy atom. The molecule has 0 saturated heterocycles. The van der Waals surface area contributed by atoms with Gasteiger partial charge in [-0.15, -0.1) is 0 Å². The SMILES string of the molecule is O=C(O)c1ccc2c(c1)C(c1c(F)cccc1Cl)=CC1(CCCC1)O2. The summed E-state index contributed by atoms with van der Waals surface area (Å²) in [5.74, 6) is -0.896. The number of hydrogen-bond acceptors (Lipinski definition) is 2. The van der Waals surface area contributed by atoms with E-state index in [0.717, 1.165) is 25.7 Å². The largest absolute Gasteiger partial charge is 0.483 e. The number of hydrogen-bond donors (Lipinski definition) is 1. The van der Waals surface area contributed by atoms with Crippen molar-refractivity contribution in [3.05, 3.63) is 70.0 Å². The van der Waals surface area contributed by atoms with E-state index in [9.17, 15) is 14.3 Å². The van der Waals surface area contributed by atoms with Crippen LogP contribution in [0.3, 0.4) is 0 Å². The first kappa shape index (κ1) is 16.2. The average Bonchev–Trinajstić information content (AvgIpc) is 3.01. The molecule has 1 heterocycles. The molecule has 1 fully saturated rings. The van der Waals surface area contributed by atoms with Crippen LogP contribution in [-0.2, 0) is 0 Å². The maximum Gasteiger partial charge on any atom is 0.335 e. The van der Waals surface area contributed by atoms with Gasteiger partial charge in [-0.25, -0.2) is 9.18 Å². The van der Waals surface area contributed by atoms with E-state index in [1.165, 1.54) is 18.2 Å². The minimum Gasteiger partial charge on any atom is -0.483 e. The van der Waals surface area contributed by atoms with Crippen LogP contribution in [0.4, 0.5) is 4.39 Å². The Labute approximate surface area is 149 Å². The van der Waals surface area contributed by atoms with E-state index in [4.69, 9.17) is 16.3 Å².